The van der Waals surface area contributed by atoms with Gasteiger partial charge in [0.15, 0.2) is 0 Å². The molecule has 0 spiro atoms. The quantitative estimate of drug-likeness (QED) is 0.637. The van der Waals surface area contributed by atoms with Crippen LogP contribution in [0.5, 0.6) is 0 Å². The van der Waals surface area contributed by atoms with Crippen molar-refractivity contribution in [2.75, 3.05) is 26.3 Å². The lowest BCUT2D eigenvalue weighted by molar-refractivity contribution is 0.137. The molecule has 0 radical (unpaired) electrons. The maximum Gasteiger partial charge on any atom is 0.0465 e. The van der Waals surface area contributed by atoms with Crippen LogP contribution in [0.4, 0.5) is 0 Å². The van der Waals surface area contributed by atoms with Crippen LogP contribution >= 0.6 is 0 Å². The SMILES string of the molecule is CCOCCCC1CCNCC1. The highest BCUT2D eigenvalue weighted by Gasteiger charge is 2.11. The topological polar surface area (TPSA) is 21.3 Å². The Hall–Kier alpha value is -0.0800. The van der Waals surface area contributed by atoms with E-state index in [4.69, 9.17) is 4.74 Å². The normalized spacial score (nSPS) is 19.8. The predicted molar refractivity (Wildman–Crippen MR) is 51.3 cm³/mol. The minimum absolute atomic E-state index is 0.867. The molecule has 0 saturated carbocycles. The first kappa shape index (κ1) is 10.0. The Balaban J connectivity index is 1.91. The summed E-state index contributed by atoms with van der Waals surface area (Å²) in [6.45, 7) is 6.33. The highest BCUT2D eigenvalue weighted by Crippen LogP contribution is 2.17. The molecule has 0 bridgehead atoms. The van der Waals surface area contributed by atoms with Gasteiger partial charge in [-0.05, 0) is 51.6 Å². The number of hydrogen-bond acceptors (Lipinski definition) is 2. The molecule has 0 aromatic heterocycles. The fraction of sp³-hybridized carbons (Fsp3) is 1.00. The van der Waals surface area contributed by atoms with Gasteiger partial charge in [0.2, 0.25) is 0 Å². The molecule has 1 rings (SSSR count). The number of rotatable bonds is 5. The van der Waals surface area contributed by atoms with Crippen molar-refractivity contribution < 1.29 is 4.74 Å². The zero-order valence-corrected chi connectivity index (χ0v) is 8.14. The van der Waals surface area contributed by atoms with Crippen molar-refractivity contribution in [3.63, 3.8) is 0 Å². The van der Waals surface area contributed by atoms with Gasteiger partial charge in [-0.25, -0.2) is 0 Å². The molecule has 0 amide bonds. The van der Waals surface area contributed by atoms with Crippen LogP contribution in [0.25, 0.3) is 0 Å². The molecule has 1 aliphatic rings. The smallest absolute Gasteiger partial charge is 0.0465 e. The molecule has 0 atom stereocenters. The molecule has 0 aromatic rings. The first-order valence-corrected chi connectivity index (χ1v) is 5.22. The van der Waals surface area contributed by atoms with Crippen molar-refractivity contribution in [1.82, 2.24) is 5.32 Å². The summed E-state index contributed by atoms with van der Waals surface area (Å²) in [5.74, 6) is 0.965. The van der Waals surface area contributed by atoms with E-state index in [0.29, 0.717) is 0 Å². The fourth-order valence-corrected chi connectivity index (χ4v) is 1.79. The maximum absolute atomic E-state index is 5.31. The summed E-state index contributed by atoms with van der Waals surface area (Å²) >= 11 is 0. The molecule has 1 aliphatic heterocycles. The highest BCUT2D eigenvalue weighted by molar-refractivity contribution is 4.67. The Labute approximate surface area is 75.7 Å². The molecule has 72 valence electrons. The third kappa shape index (κ3) is 4.07. The van der Waals surface area contributed by atoms with Crippen LogP contribution in [0.1, 0.15) is 32.6 Å². The monoisotopic (exact) mass is 171 g/mol. The van der Waals surface area contributed by atoms with Crippen molar-refractivity contribution in [3.8, 4) is 0 Å². The van der Waals surface area contributed by atoms with E-state index >= 15 is 0 Å². The molecular weight excluding hydrogens is 150 g/mol. The van der Waals surface area contributed by atoms with E-state index in [9.17, 15) is 0 Å². The summed E-state index contributed by atoms with van der Waals surface area (Å²) < 4.78 is 5.31. The van der Waals surface area contributed by atoms with Crippen molar-refractivity contribution in [2.45, 2.75) is 32.6 Å². The predicted octanol–water partition coefficient (Wildman–Crippen LogP) is 1.80. The Morgan fingerprint density at radius 3 is 2.75 bits per heavy atom. The molecule has 2 nitrogen and oxygen atoms in total. The van der Waals surface area contributed by atoms with Crippen LogP contribution in [0, 0.1) is 5.92 Å². The van der Waals surface area contributed by atoms with Gasteiger partial charge in [-0.15, -0.1) is 0 Å². The van der Waals surface area contributed by atoms with E-state index in [1.165, 1.54) is 38.8 Å². The third-order valence-electron chi connectivity index (χ3n) is 2.56. The summed E-state index contributed by atoms with van der Waals surface area (Å²) in [5, 5.41) is 3.39. The first-order valence-electron chi connectivity index (χ1n) is 5.22. The minimum Gasteiger partial charge on any atom is -0.382 e. The van der Waals surface area contributed by atoms with Crippen LogP contribution in [-0.2, 0) is 4.74 Å². The van der Waals surface area contributed by atoms with Gasteiger partial charge < -0.3 is 10.1 Å². The van der Waals surface area contributed by atoms with Crippen LogP contribution in [-0.4, -0.2) is 26.3 Å². The number of nitrogens with one attached hydrogen (secondary N) is 1. The largest absolute Gasteiger partial charge is 0.382 e. The lowest BCUT2D eigenvalue weighted by Gasteiger charge is -2.22. The summed E-state index contributed by atoms with van der Waals surface area (Å²) in [6.07, 6.45) is 5.35. The van der Waals surface area contributed by atoms with Crippen molar-refractivity contribution in [3.05, 3.63) is 0 Å². The van der Waals surface area contributed by atoms with Gasteiger partial charge in [0.05, 0.1) is 0 Å². The van der Waals surface area contributed by atoms with Gasteiger partial charge in [0.1, 0.15) is 0 Å². The molecule has 0 unspecified atom stereocenters. The van der Waals surface area contributed by atoms with E-state index in [1.54, 1.807) is 0 Å². The van der Waals surface area contributed by atoms with E-state index in [1.807, 2.05) is 0 Å². The second-order valence-electron chi connectivity index (χ2n) is 3.53. The Kier molecular flexibility index (Phi) is 5.37. The van der Waals surface area contributed by atoms with Crippen molar-refractivity contribution >= 4 is 0 Å². The number of piperidine rings is 1. The van der Waals surface area contributed by atoms with Crippen molar-refractivity contribution in [2.24, 2.45) is 5.92 Å². The molecule has 1 saturated heterocycles. The van der Waals surface area contributed by atoms with E-state index in [0.717, 1.165) is 19.1 Å². The molecular formula is C10H21NO. The summed E-state index contributed by atoms with van der Waals surface area (Å²) in [7, 11) is 0. The Morgan fingerprint density at radius 1 is 1.33 bits per heavy atom. The average Bonchev–Trinajstić information content (AvgIpc) is 2.14. The molecule has 2 heteroatoms. The standard InChI is InChI=1S/C10H21NO/c1-2-12-9-3-4-10-5-7-11-8-6-10/h10-11H,2-9H2,1H3. The average molecular weight is 171 g/mol. The van der Waals surface area contributed by atoms with Crippen LogP contribution in [0.2, 0.25) is 0 Å². The second kappa shape index (κ2) is 6.44. The van der Waals surface area contributed by atoms with E-state index in [2.05, 4.69) is 12.2 Å². The molecule has 12 heavy (non-hydrogen) atoms. The second-order valence-corrected chi connectivity index (χ2v) is 3.53. The van der Waals surface area contributed by atoms with Crippen LogP contribution < -0.4 is 5.32 Å². The summed E-state index contributed by atoms with van der Waals surface area (Å²) in [5.41, 5.74) is 0. The lowest BCUT2D eigenvalue weighted by Crippen LogP contribution is -2.27. The third-order valence-corrected chi connectivity index (χ3v) is 2.56. The highest BCUT2D eigenvalue weighted by atomic mass is 16.5. The van der Waals surface area contributed by atoms with E-state index in [-0.39, 0.29) is 0 Å². The summed E-state index contributed by atoms with van der Waals surface area (Å²) in [6, 6.07) is 0. The molecule has 1 fully saturated rings. The van der Waals surface area contributed by atoms with Gasteiger partial charge in [0.25, 0.3) is 0 Å². The Bertz CT molecular complexity index is 100. The van der Waals surface area contributed by atoms with Crippen molar-refractivity contribution in [1.29, 1.82) is 0 Å². The molecule has 0 aromatic carbocycles. The number of hydrogen-bond donors (Lipinski definition) is 1. The van der Waals surface area contributed by atoms with Gasteiger partial charge in [-0.3, -0.25) is 0 Å². The van der Waals surface area contributed by atoms with Crippen LogP contribution in [0.3, 0.4) is 0 Å². The lowest BCUT2D eigenvalue weighted by atomic mass is 9.93. The minimum atomic E-state index is 0.867. The molecule has 1 N–H and O–H groups in total. The van der Waals surface area contributed by atoms with Gasteiger partial charge in [-0.1, -0.05) is 0 Å². The Morgan fingerprint density at radius 2 is 2.08 bits per heavy atom. The molecule has 0 aliphatic carbocycles. The number of ether oxygens (including phenoxy) is 1. The molecule has 1 heterocycles. The van der Waals surface area contributed by atoms with Gasteiger partial charge in [0, 0.05) is 13.2 Å². The van der Waals surface area contributed by atoms with E-state index < -0.39 is 0 Å². The van der Waals surface area contributed by atoms with Gasteiger partial charge in [-0.2, -0.15) is 0 Å². The first-order chi connectivity index (χ1) is 5.93. The zero-order valence-electron chi connectivity index (χ0n) is 8.14. The zero-order chi connectivity index (χ0) is 8.65. The fourth-order valence-electron chi connectivity index (χ4n) is 1.79. The summed E-state index contributed by atoms with van der Waals surface area (Å²) in [4.78, 5) is 0. The maximum atomic E-state index is 5.31. The van der Waals surface area contributed by atoms with Crippen LogP contribution in [0.15, 0.2) is 0 Å². The van der Waals surface area contributed by atoms with Gasteiger partial charge >= 0.3 is 0 Å².